The molecule has 0 bridgehead atoms. The van der Waals surface area contributed by atoms with Gasteiger partial charge in [-0.3, -0.25) is 13.9 Å². The first-order chi connectivity index (χ1) is 17.1. The Hall–Kier alpha value is -3.43. The van der Waals surface area contributed by atoms with Crippen molar-refractivity contribution in [3.63, 3.8) is 0 Å². The second-order valence-corrected chi connectivity index (χ2v) is 10.5. The number of hydrogen-bond donors (Lipinski definition) is 1. The number of carbonyl (C=O) groups is 2. The van der Waals surface area contributed by atoms with Gasteiger partial charge in [0, 0.05) is 30.6 Å². The average molecular weight is 532 g/mol. The summed E-state index contributed by atoms with van der Waals surface area (Å²) in [6.07, 6.45) is 1.12. The number of halogens is 2. The number of hydrogen-bond acceptors (Lipinski definition) is 4. The summed E-state index contributed by atoms with van der Waals surface area (Å²) in [5, 5.41) is 2.86. The number of sulfonamides is 1. The van der Waals surface area contributed by atoms with Crippen molar-refractivity contribution in [2.75, 3.05) is 24.2 Å². The number of carbonyl (C=O) groups excluding carboxylic acids is 2. The molecule has 3 aromatic carbocycles. The molecule has 0 aliphatic rings. The maximum atomic E-state index is 14.6. The van der Waals surface area contributed by atoms with E-state index in [1.54, 1.807) is 18.2 Å². The minimum Gasteiger partial charge on any atom is -0.357 e. The molecule has 0 aromatic heterocycles. The van der Waals surface area contributed by atoms with Gasteiger partial charge >= 0.3 is 0 Å². The van der Waals surface area contributed by atoms with E-state index >= 15 is 0 Å². The first-order valence-corrected chi connectivity index (χ1v) is 13.3. The summed E-state index contributed by atoms with van der Waals surface area (Å²) >= 11 is 6.05. The summed E-state index contributed by atoms with van der Waals surface area (Å²) in [5.74, 6) is -1.68. The van der Waals surface area contributed by atoms with Gasteiger partial charge < -0.3 is 10.2 Å². The second kappa shape index (κ2) is 12.0. The maximum Gasteiger partial charge on any atom is 0.244 e. The molecule has 0 spiro atoms. The molecule has 0 unspecified atom stereocenters. The molecule has 0 aliphatic heterocycles. The van der Waals surface area contributed by atoms with Crippen molar-refractivity contribution in [3.05, 3.63) is 101 Å². The number of amides is 2. The van der Waals surface area contributed by atoms with E-state index in [1.165, 1.54) is 42.3 Å². The predicted molar refractivity (Wildman–Crippen MR) is 139 cm³/mol. The quantitative estimate of drug-likeness (QED) is 0.433. The Bertz CT molecular complexity index is 1320. The number of anilines is 1. The lowest BCUT2D eigenvalue weighted by molar-refractivity contribution is -0.139. The van der Waals surface area contributed by atoms with Gasteiger partial charge in [-0.2, -0.15) is 0 Å². The van der Waals surface area contributed by atoms with Crippen molar-refractivity contribution in [1.29, 1.82) is 0 Å². The summed E-state index contributed by atoms with van der Waals surface area (Å²) in [6.45, 7) is -0.834. The van der Waals surface area contributed by atoms with Crippen molar-refractivity contribution in [3.8, 4) is 0 Å². The van der Waals surface area contributed by atoms with Crippen molar-refractivity contribution in [2.45, 2.75) is 19.0 Å². The summed E-state index contributed by atoms with van der Waals surface area (Å²) in [7, 11) is -2.46. The fourth-order valence-electron chi connectivity index (χ4n) is 3.78. The van der Waals surface area contributed by atoms with Gasteiger partial charge in [0.1, 0.15) is 18.4 Å². The van der Waals surface area contributed by atoms with E-state index < -0.39 is 40.2 Å². The van der Waals surface area contributed by atoms with Crippen molar-refractivity contribution >= 4 is 39.1 Å². The van der Waals surface area contributed by atoms with Gasteiger partial charge in [-0.05, 0) is 29.8 Å². The topological polar surface area (TPSA) is 86.8 Å². The Balaban J connectivity index is 2.04. The Labute approximate surface area is 215 Å². The molecule has 1 atom stereocenters. The van der Waals surface area contributed by atoms with E-state index in [4.69, 9.17) is 11.6 Å². The molecular formula is C26H27ClFN3O4S. The number of nitrogens with one attached hydrogen (secondary N) is 1. The van der Waals surface area contributed by atoms with E-state index in [9.17, 15) is 22.4 Å². The van der Waals surface area contributed by atoms with Crippen LogP contribution in [0.25, 0.3) is 0 Å². The molecule has 1 N–H and O–H groups in total. The van der Waals surface area contributed by atoms with Crippen LogP contribution in [0.5, 0.6) is 0 Å². The molecule has 0 fully saturated rings. The molecule has 0 radical (unpaired) electrons. The molecule has 0 saturated heterocycles. The van der Waals surface area contributed by atoms with Crippen LogP contribution in [0.4, 0.5) is 10.1 Å². The van der Waals surface area contributed by atoms with Gasteiger partial charge in [0.25, 0.3) is 0 Å². The number of likely N-dealkylation sites (N-methyl/N-ethyl adjacent to an activating group) is 1. The van der Waals surface area contributed by atoms with Crippen LogP contribution >= 0.6 is 11.6 Å². The van der Waals surface area contributed by atoms with E-state index in [0.29, 0.717) is 5.02 Å². The van der Waals surface area contributed by atoms with Crippen LogP contribution in [0.3, 0.4) is 0 Å². The SMILES string of the molecule is CNC(=O)[C@H](Cc1ccccc1)N(Cc1ccccc1F)C(=O)CN(c1cccc(Cl)c1)S(C)(=O)=O. The summed E-state index contributed by atoms with van der Waals surface area (Å²) in [6, 6.07) is 20.1. The van der Waals surface area contributed by atoms with Crippen LogP contribution < -0.4 is 9.62 Å². The van der Waals surface area contributed by atoms with E-state index in [0.717, 1.165) is 16.1 Å². The Morgan fingerprint density at radius 2 is 1.67 bits per heavy atom. The van der Waals surface area contributed by atoms with Gasteiger partial charge in [0.05, 0.1) is 11.9 Å². The maximum absolute atomic E-state index is 14.6. The fraction of sp³-hybridized carbons (Fsp3) is 0.231. The molecular weight excluding hydrogens is 505 g/mol. The zero-order valence-electron chi connectivity index (χ0n) is 19.9. The highest BCUT2D eigenvalue weighted by molar-refractivity contribution is 7.92. The highest BCUT2D eigenvalue weighted by Crippen LogP contribution is 2.23. The molecule has 3 aromatic rings. The molecule has 0 aliphatic carbocycles. The van der Waals surface area contributed by atoms with Crippen molar-refractivity contribution in [2.24, 2.45) is 0 Å². The largest absolute Gasteiger partial charge is 0.357 e. The molecule has 10 heteroatoms. The van der Waals surface area contributed by atoms with Crippen LogP contribution in [0.15, 0.2) is 78.9 Å². The van der Waals surface area contributed by atoms with Crippen LogP contribution in [-0.2, 0) is 32.6 Å². The predicted octanol–water partition coefficient (Wildman–Crippen LogP) is 3.63. The molecule has 36 heavy (non-hydrogen) atoms. The average Bonchev–Trinajstić information content (AvgIpc) is 2.85. The molecule has 7 nitrogen and oxygen atoms in total. The van der Waals surface area contributed by atoms with Crippen molar-refractivity contribution < 1.29 is 22.4 Å². The van der Waals surface area contributed by atoms with Crippen LogP contribution in [0, 0.1) is 5.82 Å². The first kappa shape index (κ1) is 27.2. The van der Waals surface area contributed by atoms with Gasteiger partial charge in [-0.1, -0.05) is 66.2 Å². The van der Waals surface area contributed by atoms with Gasteiger partial charge in [-0.15, -0.1) is 0 Å². The third-order valence-corrected chi connectivity index (χ3v) is 6.97. The van der Waals surface area contributed by atoms with E-state index in [1.807, 2.05) is 30.3 Å². The zero-order chi connectivity index (χ0) is 26.3. The Morgan fingerprint density at radius 3 is 2.28 bits per heavy atom. The minimum absolute atomic E-state index is 0.150. The summed E-state index contributed by atoms with van der Waals surface area (Å²) < 4.78 is 40.8. The number of rotatable bonds is 10. The zero-order valence-corrected chi connectivity index (χ0v) is 21.5. The lowest BCUT2D eigenvalue weighted by atomic mass is 10.0. The van der Waals surface area contributed by atoms with Gasteiger partial charge in [0.2, 0.25) is 21.8 Å². The van der Waals surface area contributed by atoms with Crippen LogP contribution in [0.2, 0.25) is 5.02 Å². The third-order valence-electron chi connectivity index (χ3n) is 5.59. The fourth-order valence-corrected chi connectivity index (χ4v) is 4.80. The Kier molecular flexibility index (Phi) is 9.06. The minimum atomic E-state index is -3.90. The standard InChI is InChI=1S/C26H27ClFN3O4S/c1-29-26(33)24(15-19-9-4-3-5-10-19)30(17-20-11-6-7-14-23(20)28)25(32)18-31(36(2,34)35)22-13-8-12-21(27)16-22/h3-14,16,24H,15,17-18H2,1-2H3,(H,29,33)/t24-/m0/s1. The summed E-state index contributed by atoms with van der Waals surface area (Å²) in [5.41, 5.74) is 1.18. The highest BCUT2D eigenvalue weighted by Gasteiger charge is 2.33. The number of benzene rings is 3. The van der Waals surface area contributed by atoms with Crippen molar-refractivity contribution in [1.82, 2.24) is 10.2 Å². The molecule has 2 amide bonds. The first-order valence-electron chi connectivity index (χ1n) is 11.1. The second-order valence-electron chi connectivity index (χ2n) is 8.18. The molecule has 190 valence electrons. The lowest BCUT2D eigenvalue weighted by Gasteiger charge is -2.33. The Morgan fingerprint density at radius 1 is 1.00 bits per heavy atom. The highest BCUT2D eigenvalue weighted by atomic mass is 35.5. The van der Waals surface area contributed by atoms with Gasteiger partial charge in [-0.25, -0.2) is 12.8 Å². The van der Waals surface area contributed by atoms with Crippen LogP contribution in [0.1, 0.15) is 11.1 Å². The summed E-state index contributed by atoms with van der Waals surface area (Å²) in [4.78, 5) is 27.9. The number of nitrogens with zero attached hydrogens (tertiary/aromatic N) is 2. The third kappa shape index (κ3) is 7.05. The van der Waals surface area contributed by atoms with Gasteiger partial charge in [0.15, 0.2) is 0 Å². The monoisotopic (exact) mass is 531 g/mol. The van der Waals surface area contributed by atoms with Crippen LogP contribution in [-0.4, -0.2) is 51.0 Å². The lowest BCUT2D eigenvalue weighted by Crippen LogP contribution is -2.53. The smallest absolute Gasteiger partial charge is 0.244 e. The van der Waals surface area contributed by atoms with E-state index in [-0.39, 0.29) is 24.2 Å². The molecule has 3 rings (SSSR count). The molecule has 0 saturated carbocycles. The molecule has 0 heterocycles. The van der Waals surface area contributed by atoms with E-state index in [2.05, 4.69) is 5.32 Å². The normalized spacial score (nSPS) is 12.0.